The Hall–Kier alpha value is -2.17. The van der Waals surface area contributed by atoms with Crippen LogP contribution in [0, 0.1) is 6.92 Å². The predicted octanol–water partition coefficient (Wildman–Crippen LogP) is 2.64. The molecule has 2 heterocycles. The van der Waals surface area contributed by atoms with E-state index in [2.05, 4.69) is 32.1 Å². The van der Waals surface area contributed by atoms with Gasteiger partial charge in [0.15, 0.2) is 0 Å². The van der Waals surface area contributed by atoms with Gasteiger partial charge in [0.25, 0.3) is 0 Å². The van der Waals surface area contributed by atoms with Gasteiger partial charge in [-0.25, -0.2) is 4.98 Å². The molecule has 1 N–H and O–H groups in total. The fourth-order valence-electron chi connectivity index (χ4n) is 2.02. The Balaban J connectivity index is 2.24. The van der Waals surface area contributed by atoms with Crippen molar-refractivity contribution in [2.24, 2.45) is 0 Å². The molecule has 2 aromatic heterocycles. The molecule has 0 fully saturated rings. The van der Waals surface area contributed by atoms with Crippen LogP contribution in [0.5, 0.6) is 0 Å². The summed E-state index contributed by atoms with van der Waals surface area (Å²) in [6.45, 7) is 8.63. The highest BCUT2D eigenvalue weighted by Crippen LogP contribution is 2.19. The normalized spacial score (nSPS) is 10.3. The topological polar surface area (TPSA) is 53.9 Å². The van der Waals surface area contributed by atoms with Crippen LogP contribution in [-0.4, -0.2) is 28.0 Å². The lowest BCUT2D eigenvalue weighted by molar-refractivity contribution is 0.786. The van der Waals surface area contributed by atoms with E-state index in [9.17, 15) is 0 Å². The largest absolute Gasteiger partial charge is 0.354 e. The molecule has 0 unspecified atom stereocenters. The van der Waals surface area contributed by atoms with Crippen molar-refractivity contribution in [2.75, 3.05) is 23.3 Å². The number of nitrogens with zero attached hydrogens (tertiary/aromatic N) is 4. The minimum atomic E-state index is 0.674. The molecule has 0 radical (unpaired) electrons. The van der Waals surface area contributed by atoms with Crippen LogP contribution in [0.3, 0.4) is 0 Å². The maximum absolute atomic E-state index is 4.61. The fourth-order valence-corrected chi connectivity index (χ4v) is 2.02. The van der Waals surface area contributed by atoms with E-state index < -0.39 is 0 Å². The minimum absolute atomic E-state index is 0.674. The van der Waals surface area contributed by atoms with Crippen LogP contribution in [-0.2, 0) is 6.54 Å². The zero-order valence-corrected chi connectivity index (χ0v) is 12.3. The number of hydrogen-bond donors (Lipinski definition) is 1. The maximum atomic E-state index is 4.61. The standard InChI is InChI=1S/C15H21N5/c1-4-16-15-18-10-12(3)14(19-15)20(5-2)11-13-8-6-7-9-17-13/h6-10H,4-5,11H2,1-3H3,(H,16,18,19). The van der Waals surface area contributed by atoms with E-state index in [0.717, 1.165) is 36.7 Å². The van der Waals surface area contributed by atoms with Gasteiger partial charge in [0.1, 0.15) is 5.82 Å². The van der Waals surface area contributed by atoms with Gasteiger partial charge in [-0.3, -0.25) is 4.98 Å². The van der Waals surface area contributed by atoms with Gasteiger partial charge in [0, 0.05) is 31.0 Å². The molecule has 0 aliphatic rings. The Morgan fingerprint density at radius 2 is 2.05 bits per heavy atom. The fraction of sp³-hybridized carbons (Fsp3) is 0.400. The summed E-state index contributed by atoms with van der Waals surface area (Å²) in [7, 11) is 0. The van der Waals surface area contributed by atoms with Gasteiger partial charge < -0.3 is 10.2 Å². The predicted molar refractivity (Wildman–Crippen MR) is 81.9 cm³/mol. The monoisotopic (exact) mass is 271 g/mol. The number of aromatic nitrogens is 3. The summed E-state index contributed by atoms with van der Waals surface area (Å²) in [6.07, 6.45) is 3.68. The number of pyridine rings is 1. The number of aryl methyl sites for hydroxylation is 1. The van der Waals surface area contributed by atoms with Gasteiger partial charge in [-0.2, -0.15) is 4.98 Å². The Morgan fingerprint density at radius 3 is 2.70 bits per heavy atom. The SMILES string of the molecule is CCNc1ncc(C)c(N(CC)Cc2ccccn2)n1. The average molecular weight is 271 g/mol. The first-order valence-electron chi connectivity index (χ1n) is 6.97. The Bertz CT molecular complexity index is 541. The second-order valence-electron chi connectivity index (χ2n) is 4.57. The van der Waals surface area contributed by atoms with Gasteiger partial charge in [-0.05, 0) is 32.9 Å². The molecule has 106 valence electrons. The van der Waals surface area contributed by atoms with Crippen LogP contribution in [0.25, 0.3) is 0 Å². The summed E-state index contributed by atoms with van der Waals surface area (Å²) < 4.78 is 0. The Kier molecular flexibility index (Phi) is 4.87. The van der Waals surface area contributed by atoms with Gasteiger partial charge in [0.2, 0.25) is 5.95 Å². The number of anilines is 2. The molecule has 0 amide bonds. The van der Waals surface area contributed by atoms with Gasteiger partial charge in [0.05, 0.1) is 12.2 Å². The molecule has 0 atom stereocenters. The van der Waals surface area contributed by atoms with Gasteiger partial charge in [-0.15, -0.1) is 0 Å². The first-order valence-corrected chi connectivity index (χ1v) is 6.97. The summed E-state index contributed by atoms with van der Waals surface area (Å²) in [4.78, 5) is 15.5. The third-order valence-corrected chi connectivity index (χ3v) is 3.04. The number of hydrogen-bond acceptors (Lipinski definition) is 5. The van der Waals surface area contributed by atoms with E-state index in [1.807, 2.05) is 44.4 Å². The minimum Gasteiger partial charge on any atom is -0.354 e. The van der Waals surface area contributed by atoms with Crippen molar-refractivity contribution in [3.05, 3.63) is 41.9 Å². The van der Waals surface area contributed by atoms with E-state index in [1.54, 1.807) is 0 Å². The zero-order chi connectivity index (χ0) is 14.4. The van der Waals surface area contributed by atoms with Crippen molar-refractivity contribution < 1.29 is 0 Å². The van der Waals surface area contributed by atoms with E-state index in [0.29, 0.717) is 5.95 Å². The molecule has 20 heavy (non-hydrogen) atoms. The van der Waals surface area contributed by atoms with Crippen molar-refractivity contribution in [1.82, 2.24) is 15.0 Å². The number of nitrogens with one attached hydrogen (secondary N) is 1. The highest BCUT2D eigenvalue weighted by atomic mass is 15.2. The van der Waals surface area contributed by atoms with Gasteiger partial charge >= 0.3 is 0 Å². The lowest BCUT2D eigenvalue weighted by Gasteiger charge is -2.23. The molecule has 5 heteroatoms. The van der Waals surface area contributed by atoms with E-state index in [4.69, 9.17) is 0 Å². The van der Waals surface area contributed by atoms with Gasteiger partial charge in [-0.1, -0.05) is 6.07 Å². The quantitative estimate of drug-likeness (QED) is 0.875. The van der Waals surface area contributed by atoms with Crippen molar-refractivity contribution in [3.8, 4) is 0 Å². The summed E-state index contributed by atoms with van der Waals surface area (Å²) in [5.74, 6) is 1.64. The van der Waals surface area contributed by atoms with Crippen molar-refractivity contribution in [2.45, 2.75) is 27.3 Å². The van der Waals surface area contributed by atoms with Crippen molar-refractivity contribution >= 4 is 11.8 Å². The molecule has 0 aromatic carbocycles. The van der Waals surface area contributed by atoms with E-state index in [-0.39, 0.29) is 0 Å². The molecule has 0 aliphatic heterocycles. The molecular weight excluding hydrogens is 250 g/mol. The molecule has 2 aromatic rings. The van der Waals surface area contributed by atoms with Crippen LogP contribution in [0.1, 0.15) is 25.1 Å². The lowest BCUT2D eigenvalue weighted by atomic mass is 10.3. The van der Waals surface area contributed by atoms with Crippen LogP contribution < -0.4 is 10.2 Å². The number of rotatable bonds is 6. The van der Waals surface area contributed by atoms with Crippen LogP contribution in [0.4, 0.5) is 11.8 Å². The summed E-state index contributed by atoms with van der Waals surface area (Å²) >= 11 is 0. The molecule has 0 bridgehead atoms. The lowest BCUT2D eigenvalue weighted by Crippen LogP contribution is -2.25. The molecule has 0 spiro atoms. The first kappa shape index (κ1) is 14.2. The smallest absolute Gasteiger partial charge is 0.224 e. The molecule has 5 nitrogen and oxygen atoms in total. The Labute approximate surface area is 120 Å². The second-order valence-corrected chi connectivity index (χ2v) is 4.57. The molecule has 0 saturated carbocycles. The van der Waals surface area contributed by atoms with E-state index in [1.165, 1.54) is 0 Å². The summed E-state index contributed by atoms with van der Waals surface area (Å²) in [5, 5.41) is 3.15. The summed E-state index contributed by atoms with van der Waals surface area (Å²) in [5.41, 5.74) is 2.11. The van der Waals surface area contributed by atoms with Crippen molar-refractivity contribution in [1.29, 1.82) is 0 Å². The first-order chi connectivity index (χ1) is 9.74. The molecule has 0 saturated heterocycles. The summed E-state index contributed by atoms with van der Waals surface area (Å²) in [6, 6.07) is 5.97. The van der Waals surface area contributed by atoms with E-state index >= 15 is 0 Å². The van der Waals surface area contributed by atoms with Crippen LogP contribution >= 0.6 is 0 Å². The highest BCUT2D eigenvalue weighted by Gasteiger charge is 2.12. The third-order valence-electron chi connectivity index (χ3n) is 3.04. The maximum Gasteiger partial charge on any atom is 0.224 e. The molecule has 0 aliphatic carbocycles. The van der Waals surface area contributed by atoms with Crippen LogP contribution in [0.15, 0.2) is 30.6 Å². The van der Waals surface area contributed by atoms with Crippen LogP contribution in [0.2, 0.25) is 0 Å². The zero-order valence-electron chi connectivity index (χ0n) is 12.3. The average Bonchev–Trinajstić information content (AvgIpc) is 2.48. The Morgan fingerprint density at radius 1 is 1.20 bits per heavy atom. The highest BCUT2D eigenvalue weighted by molar-refractivity contribution is 5.49. The molecule has 2 rings (SSSR count). The molecular formula is C15H21N5. The van der Waals surface area contributed by atoms with Crippen molar-refractivity contribution in [3.63, 3.8) is 0 Å². The second kappa shape index (κ2) is 6.84. The third kappa shape index (κ3) is 3.44.